The predicted molar refractivity (Wildman–Crippen MR) is 62.3 cm³/mol. The Morgan fingerprint density at radius 1 is 1.40 bits per heavy atom. The van der Waals surface area contributed by atoms with Gasteiger partial charge in [0.2, 0.25) is 0 Å². The molecule has 2 rings (SSSR count). The summed E-state index contributed by atoms with van der Waals surface area (Å²) in [4.78, 5) is 1.13. The molecule has 0 aromatic carbocycles. The van der Waals surface area contributed by atoms with Gasteiger partial charge >= 0.3 is 0 Å². The van der Waals surface area contributed by atoms with Crippen LogP contribution in [0.2, 0.25) is 4.34 Å². The van der Waals surface area contributed by atoms with Crippen molar-refractivity contribution in [2.24, 2.45) is 5.73 Å². The second-order valence-corrected chi connectivity index (χ2v) is 4.83. The van der Waals surface area contributed by atoms with Gasteiger partial charge in [-0.3, -0.25) is 0 Å². The van der Waals surface area contributed by atoms with Crippen LogP contribution >= 0.6 is 22.9 Å². The zero-order chi connectivity index (χ0) is 10.7. The van der Waals surface area contributed by atoms with Crippen molar-refractivity contribution >= 4 is 22.9 Å². The van der Waals surface area contributed by atoms with Gasteiger partial charge < -0.3 is 5.73 Å². The minimum absolute atomic E-state index is 0.0937. The Morgan fingerprint density at radius 3 is 2.80 bits per heavy atom. The van der Waals surface area contributed by atoms with Crippen LogP contribution in [0.25, 0.3) is 0 Å². The first-order chi connectivity index (χ1) is 7.31. The molecule has 0 fully saturated rings. The van der Waals surface area contributed by atoms with Crippen LogP contribution in [0.1, 0.15) is 16.5 Å². The van der Waals surface area contributed by atoms with Crippen molar-refractivity contribution < 1.29 is 0 Å². The Hall–Kier alpha value is -0.970. The quantitative estimate of drug-likeness (QED) is 0.894. The summed E-state index contributed by atoms with van der Waals surface area (Å²) in [5.74, 6) is 0.0937. The maximum absolute atomic E-state index is 5.89. The lowest BCUT2D eigenvalue weighted by molar-refractivity contribution is 0.772. The van der Waals surface area contributed by atoms with E-state index in [2.05, 4.69) is 10.2 Å². The molecule has 2 aromatic heterocycles. The third-order valence-corrected chi connectivity index (χ3v) is 3.47. The van der Waals surface area contributed by atoms with Gasteiger partial charge in [0.1, 0.15) is 0 Å². The van der Waals surface area contributed by atoms with Gasteiger partial charge in [0, 0.05) is 23.5 Å². The van der Waals surface area contributed by atoms with Crippen molar-refractivity contribution in [1.29, 1.82) is 0 Å². The van der Waals surface area contributed by atoms with Gasteiger partial charge in [0.25, 0.3) is 0 Å². The fourth-order valence-electron chi connectivity index (χ4n) is 1.40. The van der Waals surface area contributed by atoms with Crippen LogP contribution in [-0.4, -0.2) is 16.7 Å². The summed E-state index contributed by atoms with van der Waals surface area (Å²) >= 11 is 7.42. The molecule has 0 spiro atoms. The Bertz CT molecular complexity index is 429. The molecule has 2 heterocycles. The molecule has 0 radical (unpaired) electrons. The standard InChI is InChI=1S/C10H10ClN3S/c11-10-4-3-9(15-10)7(6-12)8-2-1-5-13-14-8/h1-5,7H,6,12H2. The minimum Gasteiger partial charge on any atom is -0.329 e. The molecular formula is C10H10ClN3S. The fourth-order valence-corrected chi connectivity index (χ4v) is 2.58. The van der Waals surface area contributed by atoms with Crippen LogP contribution in [0.15, 0.2) is 30.5 Å². The van der Waals surface area contributed by atoms with Crippen molar-refractivity contribution in [3.05, 3.63) is 45.4 Å². The topological polar surface area (TPSA) is 51.8 Å². The van der Waals surface area contributed by atoms with Gasteiger partial charge in [-0.25, -0.2) is 0 Å². The van der Waals surface area contributed by atoms with Gasteiger partial charge in [-0.15, -0.1) is 11.3 Å². The Morgan fingerprint density at radius 2 is 2.27 bits per heavy atom. The van der Waals surface area contributed by atoms with Crippen molar-refractivity contribution in [3.8, 4) is 0 Å². The second kappa shape index (κ2) is 4.70. The van der Waals surface area contributed by atoms with E-state index >= 15 is 0 Å². The highest BCUT2D eigenvalue weighted by atomic mass is 35.5. The van der Waals surface area contributed by atoms with Crippen molar-refractivity contribution in [1.82, 2.24) is 10.2 Å². The number of nitrogens with two attached hydrogens (primary N) is 1. The largest absolute Gasteiger partial charge is 0.329 e. The lowest BCUT2D eigenvalue weighted by Crippen LogP contribution is -2.14. The SMILES string of the molecule is NCC(c1cccnn1)c1ccc(Cl)s1. The number of thiophene rings is 1. The predicted octanol–water partition coefficient (Wildman–Crippen LogP) is 2.28. The molecule has 0 saturated heterocycles. The van der Waals surface area contributed by atoms with E-state index in [1.54, 1.807) is 6.20 Å². The molecule has 3 nitrogen and oxygen atoms in total. The number of hydrogen-bond donors (Lipinski definition) is 1. The molecule has 2 N–H and O–H groups in total. The lowest BCUT2D eigenvalue weighted by atomic mass is 10.0. The molecule has 1 atom stereocenters. The molecule has 2 aromatic rings. The molecule has 0 amide bonds. The van der Waals surface area contributed by atoms with Gasteiger partial charge in [0.05, 0.1) is 10.0 Å². The first-order valence-corrected chi connectivity index (χ1v) is 5.73. The van der Waals surface area contributed by atoms with Crippen LogP contribution in [0.3, 0.4) is 0 Å². The van der Waals surface area contributed by atoms with E-state index in [9.17, 15) is 0 Å². The zero-order valence-electron chi connectivity index (χ0n) is 7.93. The Kier molecular flexibility index (Phi) is 3.30. The molecule has 0 aliphatic rings. The number of rotatable bonds is 3. The first-order valence-electron chi connectivity index (χ1n) is 4.54. The highest BCUT2D eigenvalue weighted by Crippen LogP contribution is 2.30. The highest BCUT2D eigenvalue weighted by Gasteiger charge is 2.15. The minimum atomic E-state index is 0.0937. The normalized spacial score (nSPS) is 12.7. The van der Waals surface area contributed by atoms with Crippen molar-refractivity contribution in [2.45, 2.75) is 5.92 Å². The van der Waals surface area contributed by atoms with Crippen LogP contribution in [0, 0.1) is 0 Å². The van der Waals surface area contributed by atoms with E-state index in [4.69, 9.17) is 17.3 Å². The third-order valence-electron chi connectivity index (χ3n) is 2.12. The molecule has 0 bridgehead atoms. The van der Waals surface area contributed by atoms with Crippen molar-refractivity contribution in [3.63, 3.8) is 0 Å². The average molecular weight is 240 g/mol. The summed E-state index contributed by atoms with van der Waals surface area (Å²) in [6.07, 6.45) is 1.65. The van der Waals surface area contributed by atoms with E-state index in [1.165, 1.54) is 11.3 Å². The summed E-state index contributed by atoms with van der Waals surface area (Å²) < 4.78 is 0.771. The number of nitrogens with zero attached hydrogens (tertiary/aromatic N) is 2. The average Bonchev–Trinajstić information content (AvgIpc) is 2.68. The Labute approximate surface area is 96.9 Å². The molecule has 1 unspecified atom stereocenters. The second-order valence-electron chi connectivity index (χ2n) is 3.08. The number of halogens is 1. The summed E-state index contributed by atoms with van der Waals surface area (Å²) in [7, 11) is 0. The third kappa shape index (κ3) is 2.34. The Balaban J connectivity index is 2.33. The molecule has 0 aliphatic carbocycles. The summed E-state index contributed by atoms with van der Waals surface area (Å²) in [6, 6.07) is 7.65. The van der Waals surface area contributed by atoms with E-state index in [0.29, 0.717) is 6.54 Å². The number of aromatic nitrogens is 2. The molecular weight excluding hydrogens is 230 g/mol. The summed E-state index contributed by atoms with van der Waals surface area (Å²) in [5.41, 5.74) is 6.63. The maximum Gasteiger partial charge on any atom is 0.0931 e. The molecule has 78 valence electrons. The van der Waals surface area contributed by atoms with Crippen molar-refractivity contribution in [2.75, 3.05) is 6.54 Å². The smallest absolute Gasteiger partial charge is 0.0931 e. The molecule has 15 heavy (non-hydrogen) atoms. The van der Waals surface area contributed by atoms with Gasteiger partial charge in [-0.2, -0.15) is 10.2 Å². The fraction of sp³-hybridized carbons (Fsp3) is 0.200. The van der Waals surface area contributed by atoms with E-state index in [-0.39, 0.29) is 5.92 Å². The van der Waals surface area contributed by atoms with E-state index in [1.807, 2.05) is 24.3 Å². The number of hydrogen-bond acceptors (Lipinski definition) is 4. The van der Waals surface area contributed by atoms with E-state index in [0.717, 1.165) is 14.9 Å². The van der Waals surface area contributed by atoms with Gasteiger partial charge in [-0.05, 0) is 24.3 Å². The highest BCUT2D eigenvalue weighted by molar-refractivity contribution is 7.16. The maximum atomic E-state index is 5.89. The van der Waals surface area contributed by atoms with Crippen LogP contribution in [0.5, 0.6) is 0 Å². The monoisotopic (exact) mass is 239 g/mol. The van der Waals surface area contributed by atoms with Crippen LogP contribution in [0.4, 0.5) is 0 Å². The molecule has 0 saturated carbocycles. The molecule has 0 aliphatic heterocycles. The van der Waals surface area contributed by atoms with Crippen LogP contribution in [-0.2, 0) is 0 Å². The lowest BCUT2D eigenvalue weighted by Gasteiger charge is -2.10. The first kappa shape index (κ1) is 10.5. The van der Waals surface area contributed by atoms with E-state index < -0.39 is 0 Å². The summed E-state index contributed by atoms with van der Waals surface area (Å²) in [6.45, 7) is 0.509. The van der Waals surface area contributed by atoms with Gasteiger partial charge in [0.15, 0.2) is 0 Å². The molecule has 5 heteroatoms. The van der Waals surface area contributed by atoms with Crippen LogP contribution < -0.4 is 5.73 Å². The zero-order valence-corrected chi connectivity index (χ0v) is 9.50. The van der Waals surface area contributed by atoms with Gasteiger partial charge in [-0.1, -0.05) is 11.6 Å². The summed E-state index contributed by atoms with van der Waals surface area (Å²) in [5, 5.41) is 7.92.